The number of halogens is 1. The third-order valence-electron chi connectivity index (χ3n) is 2.64. The number of rotatable bonds is 2. The summed E-state index contributed by atoms with van der Waals surface area (Å²) in [6, 6.07) is 0. The van der Waals surface area contributed by atoms with Crippen LogP contribution in [0.15, 0.2) is 12.4 Å². The maximum atomic E-state index is 5.73. The highest BCUT2D eigenvalue weighted by molar-refractivity contribution is 6.16. The van der Waals surface area contributed by atoms with Gasteiger partial charge in [0.25, 0.3) is 0 Å². The molecule has 1 aliphatic rings. The molecule has 1 aromatic heterocycles. The van der Waals surface area contributed by atoms with Crippen LogP contribution in [0.2, 0.25) is 0 Å². The number of hydrogen-bond acceptors (Lipinski definition) is 4. The first-order valence-corrected chi connectivity index (χ1v) is 5.63. The highest BCUT2D eigenvalue weighted by Gasteiger charge is 2.15. The molecule has 0 N–H and O–H groups in total. The van der Waals surface area contributed by atoms with Crippen molar-refractivity contribution < 1.29 is 0 Å². The maximum absolute atomic E-state index is 5.73. The number of alkyl halides is 1. The minimum Gasteiger partial charge on any atom is -0.353 e. The Bertz CT molecular complexity index is 323. The summed E-state index contributed by atoms with van der Waals surface area (Å²) < 4.78 is 0. The molecule has 15 heavy (non-hydrogen) atoms. The average Bonchev–Trinajstić information content (AvgIpc) is 2.30. The van der Waals surface area contributed by atoms with Gasteiger partial charge in [0.05, 0.1) is 17.8 Å². The van der Waals surface area contributed by atoms with Gasteiger partial charge in [0.2, 0.25) is 0 Å². The molecule has 4 nitrogen and oxygen atoms in total. The van der Waals surface area contributed by atoms with Gasteiger partial charge in [-0.25, -0.2) is 4.98 Å². The molecule has 0 spiro atoms. The molecule has 0 unspecified atom stereocenters. The van der Waals surface area contributed by atoms with Crippen LogP contribution >= 0.6 is 11.6 Å². The van der Waals surface area contributed by atoms with Crippen LogP contribution in [-0.4, -0.2) is 48.1 Å². The van der Waals surface area contributed by atoms with Crippen molar-refractivity contribution in [2.75, 3.05) is 38.1 Å². The van der Waals surface area contributed by atoms with Crippen LogP contribution in [0.5, 0.6) is 0 Å². The molecule has 1 fully saturated rings. The van der Waals surface area contributed by atoms with Crippen LogP contribution in [0.4, 0.5) is 5.82 Å². The van der Waals surface area contributed by atoms with Gasteiger partial charge in [0.1, 0.15) is 5.82 Å². The molecule has 5 heteroatoms. The van der Waals surface area contributed by atoms with Crippen molar-refractivity contribution in [3.8, 4) is 0 Å². The fourth-order valence-electron chi connectivity index (χ4n) is 1.65. The molecule has 0 atom stereocenters. The molecule has 1 saturated heterocycles. The first-order chi connectivity index (χ1) is 7.29. The van der Waals surface area contributed by atoms with Crippen molar-refractivity contribution in [3.05, 3.63) is 18.1 Å². The van der Waals surface area contributed by atoms with E-state index in [4.69, 9.17) is 11.6 Å². The van der Waals surface area contributed by atoms with Gasteiger partial charge in [-0.1, -0.05) is 0 Å². The Morgan fingerprint density at radius 1 is 1.27 bits per heavy atom. The van der Waals surface area contributed by atoms with E-state index >= 15 is 0 Å². The zero-order valence-electron chi connectivity index (χ0n) is 8.86. The Kier molecular flexibility index (Phi) is 3.38. The molecule has 82 valence electrons. The lowest BCUT2D eigenvalue weighted by Gasteiger charge is -2.33. The summed E-state index contributed by atoms with van der Waals surface area (Å²) in [4.78, 5) is 13.2. The van der Waals surface area contributed by atoms with E-state index in [9.17, 15) is 0 Å². The van der Waals surface area contributed by atoms with Gasteiger partial charge in [-0.2, -0.15) is 0 Å². The highest BCUT2D eigenvalue weighted by atomic mass is 35.5. The van der Waals surface area contributed by atoms with E-state index < -0.39 is 0 Å². The third kappa shape index (κ3) is 2.58. The summed E-state index contributed by atoms with van der Waals surface area (Å²) in [5, 5.41) is 0. The molecular formula is C10H15ClN4. The molecule has 0 radical (unpaired) electrons. The predicted molar refractivity (Wildman–Crippen MR) is 61.3 cm³/mol. The minimum absolute atomic E-state index is 0.425. The third-order valence-corrected chi connectivity index (χ3v) is 2.91. The van der Waals surface area contributed by atoms with Gasteiger partial charge in [-0.3, -0.25) is 4.98 Å². The summed E-state index contributed by atoms with van der Waals surface area (Å²) >= 11 is 5.73. The van der Waals surface area contributed by atoms with Crippen LogP contribution in [0, 0.1) is 0 Å². The molecule has 1 aliphatic heterocycles. The van der Waals surface area contributed by atoms with Gasteiger partial charge in [-0.15, -0.1) is 11.6 Å². The maximum Gasteiger partial charge on any atom is 0.147 e. The minimum atomic E-state index is 0.425. The fourth-order valence-corrected chi connectivity index (χ4v) is 1.78. The van der Waals surface area contributed by atoms with E-state index in [1.807, 2.05) is 0 Å². The molecule has 0 bridgehead atoms. The monoisotopic (exact) mass is 226 g/mol. The normalized spacial score (nSPS) is 18.1. The topological polar surface area (TPSA) is 32.3 Å². The van der Waals surface area contributed by atoms with Gasteiger partial charge in [0.15, 0.2) is 0 Å². The lowest BCUT2D eigenvalue weighted by atomic mass is 10.3. The Morgan fingerprint density at radius 2 is 2.00 bits per heavy atom. The van der Waals surface area contributed by atoms with Crippen molar-refractivity contribution >= 4 is 17.4 Å². The zero-order chi connectivity index (χ0) is 10.7. The number of likely N-dealkylation sites (N-methyl/N-ethyl adjacent to an activating group) is 1. The van der Waals surface area contributed by atoms with Crippen molar-refractivity contribution in [2.24, 2.45) is 0 Å². The van der Waals surface area contributed by atoms with Crippen molar-refractivity contribution in [2.45, 2.75) is 5.88 Å². The van der Waals surface area contributed by atoms with Crippen molar-refractivity contribution in [3.63, 3.8) is 0 Å². The van der Waals surface area contributed by atoms with Crippen LogP contribution in [0.3, 0.4) is 0 Å². The second-order valence-corrected chi connectivity index (χ2v) is 4.06. The average molecular weight is 227 g/mol. The van der Waals surface area contributed by atoms with Gasteiger partial charge in [0, 0.05) is 32.4 Å². The molecule has 0 saturated carbocycles. The number of hydrogen-bond donors (Lipinski definition) is 0. The largest absolute Gasteiger partial charge is 0.353 e. The number of nitrogens with zero attached hydrogens (tertiary/aromatic N) is 4. The van der Waals surface area contributed by atoms with E-state index in [2.05, 4.69) is 26.8 Å². The highest BCUT2D eigenvalue weighted by Crippen LogP contribution is 2.12. The molecule has 2 rings (SSSR count). The van der Waals surface area contributed by atoms with Gasteiger partial charge in [-0.05, 0) is 7.05 Å². The zero-order valence-corrected chi connectivity index (χ0v) is 9.61. The predicted octanol–water partition coefficient (Wildman–Crippen LogP) is 0.967. The SMILES string of the molecule is CN1CCN(c2cncc(CCl)n2)CC1. The fraction of sp³-hybridized carbons (Fsp3) is 0.600. The Labute approximate surface area is 94.9 Å². The molecular weight excluding hydrogens is 212 g/mol. The van der Waals surface area contributed by atoms with E-state index in [1.54, 1.807) is 12.4 Å². The van der Waals surface area contributed by atoms with Gasteiger partial charge < -0.3 is 9.80 Å². The summed E-state index contributed by atoms with van der Waals surface area (Å²) in [5.41, 5.74) is 0.841. The first kappa shape index (κ1) is 10.6. The number of aromatic nitrogens is 2. The molecule has 1 aromatic rings. The van der Waals surface area contributed by atoms with Crippen molar-refractivity contribution in [1.29, 1.82) is 0 Å². The van der Waals surface area contributed by atoms with Crippen LogP contribution in [-0.2, 0) is 5.88 Å². The Balaban J connectivity index is 2.08. The summed E-state index contributed by atoms with van der Waals surface area (Å²) in [6.07, 6.45) is 3.52. The summed E-state index contributed by atoms with van der Waals surface area (Å²) in [6.45, 7) is 4.17. The van der Waals surface area contributed by atoms with E-state index in [0.29, 0.717) is 5.88 Å². The summed E-state index contributed by atoms with van der Waals surface area (Å²) in [5.74, 6) is 1.37. The lowest BCUT2D eigenvalue weighted by molar-refractivity contribution is 0.312. The van der Waals surface area contributed by atoms with E-state index in [-0.39, 0.29) is 0 Å². The Hall–Kier alpha value is -0.870. The van der Waals surface area contributed by atoms with Crippen LogP contribution in [0.1, 0.15) is 5.69 Å². The molecule has 0 aromatic carbocycles. The number of anilines is 1. The second-order valence-electron chi connectivity index (χ2n) is 3.79. The van der Waals surface area contributed by atoms with E-state index in [0.717, 1.165) is 37.7 Å². The summed E-state index contributed by atoms with van der Waals surface area (Å²) in [7, 11) is 2.14. The molecule has 2 heterocycles. The smallest absolute Gasteiger partial charge is 0.147 e. The Morgan fingerprint density at radius 3 is 2.67 bits per heavy atom. The van der Waals surface area contributed by atoms with Crippen LogP contribution in [0.25, 0.3) is 0 Å². The standard InChI is InChI=1S/C10H15ClN4/c1-14-2-4-15(5-3-14)10-8-12-7-9(6-11)13-10/h7-8H,2-6H2,1H3. The number of piperazine rings is 1. The molecule has 0 aliphatic carbocycles. The van der Waals surface area contributed by atoms with Gasteiger partial charge >= 0.3 is 0 Å². The van der Waals surface area contributed by atoms with Crippen LogP contribution < -0.4 is 4.90 Å². The molecule has 0 amide bonds. The first-order valence-electron chi connectivity index (χ1n) is 5.10. The second kappa shape index (κ2) is 4.77. The quantitative estimate of drug-likeness (QED) is 0.704. The van der Waals surface area contributed by atoms with Crippen molar-refractivity contribution in [1.82, 2.24) is 14.9 Å². The lowest BCUT2D eigenvalue weighted by Crippen LogP contribution is -2.44. The van der Waals surface area contributed by atoms with E-state index in [1.165, 1.54) is 0 Å².